The summed E-state index contributed by atoms with van der Waals surface area (Å²) in [7, 11) is 0. The molecule has 0 spiro atoms. The van der Waals surface area contributed by atoms with E-state index in [-0.39, 0.29) is 24.2 Å². The highest BCUT2D eigenvalue weighted by atomic mass is 16.2. The van der Waals surface area contributed by atoms with Crippen LogP contribution in [0.4, 0.5) is 0 Å². The molecule has 0 heterocycles. The summed E-state index contributed by atoms with van der Waals surface area (Å²) in [6, 6.07) is 20.0. The molecule has 108 valence electrons. The van der Waals surface area contributed by atoms with Crippen molar-refractivity contribution in [2.24, 2.45) is 0 Å². The summed E-state index contributed by atoms with van der Waals surface area (Å²) in [5.74, 6) is -0.129. The Morgan fingerprint density at radius 2 is 1.38 bits per heavy atom. The van der Waals surface area contributed by atoms with Crippen molar-refractivity contribution in [2.75, 3.05) is 6.54 Å². The zero-order valence-corrected chi connectivity index (χ0v) is 12.1. The van der Waals surface area contributed by atoms with E-state index in [0.717, 1.165) is 11.1 Å². The minimum Gasteiger partial charge on any atom is -0.349 e. The average molecular weight is 281 g/mol. The molecule has 0 bridgehead atoms. The van der Waals surface area contributed by atoms with Gasteiger partial charge in [-0.05, 0) is 11.1 Å². The van der Waals surface area contributed by atoms with Gasteiger partial charge in [0.25, 0.3) is 0 Å². The van der Waals surface area contributed by atoms with E-state index in [4.69, 9.17) is 0 Å². The van der Waals surface area contributed by atoms with Crippen LogP contribution >= 0.6 is 0 Å². The number of Topliss-reactive ketones (excluding diaryl/α,β-unsaturated/α-hetero) is 1. The van der Waals surface area contributed by atoms with Gasteiger partial charge in [-0.25, -0.2) is 0 Å². The zero-order chi connectivity index (χ0) is 15.1. The highest BCUT2D eigenvalue weighted by Crippen LogP contribution is 2.27. The van der Waals surface area contributed by atoms with Gasteiger partial charge < -0.3 is 5.32 Å². The van der Waals surface area contributed by atoms with Crippen LogP contribution < -0.4 is 5.32 Å². The number of hydrogen-bond acceptors (Lipinski definition) is 2. The Kier molecular flexibility index (Phi) is 5.27. The third-order valence-electron chi connectivity index (χ3n) is 3.37. The van der Waals surface area contributed by atoms with Crippen LogP contribution in [0, 0.1) is 0 Å². The molecule has 0 radical (unpaired) electrons. The number of hydrogen-bond donors (Lipinski definition) is 1. The zero-order valence-electron chi connectivity index (χ0n) is 12.1. The van der Waals surface area contributed by atoms with Gasteiger partial charge >= 0.3 is 0 Å². The molecule has 2 rings (SSSR count). The van der Waals surface area contributed by atoms with Gasteiger partial charge in [0.1, 0.15) is 0 Å². The molecule has 0 unspecified atom stereocenters. The standard InChI is InChI=1S/C18H19NO2/c1-14(20)19-13-17(21)12-18(15-8-4-2-5-9-15)16-10-6-3-7-11-16/h2-11,18H,12-13H2,1H3,(H,19,20). The Hall–Kier alpha value is -2.42. The molecule has 2 aromatic carbocycles. The van der Waals surface area contributed by atoms with Crippen molar-refractivity contribution in [1.82, 2.24) is 5.32 Å². The minimum absolute atomic E-state index is 0.0219. The highest BCUT2D eigenvalue weighted by molar-refractivity contribution is 5.86. The monoisotopic (exact) mass is 281 g/mol. The second-order valence-electron chi connectivity index (χ2n) is 5.03. The van der Waals surface area contributed by atoms with Gasteiger partial charge in [0, 0.05) is 19.3 Å². The molecule has 3 heteroatoms. The first-order valence-electron chi connectivity index (χ1n) is 7.03. The normalized spacial score (nSPS) is 10.4. The number of rotatable bonds is 6. The van der Waals surface area contributed by atoms with E-state index in [1.165, 1.54) is 6.92 Å². The Balaban J connectivity index is 2.17. The van der Waals surface area contributed by atoms with E-state index in [0.29, 0.717) is 6.42 Å². The Morgan fingerprint density at radius 1 is 0.905 bits per heavy atom. The second-order valence-corrected chi connectivity index (χ2v) is 5.03. The van der Waals surface area contributed by atoms with Gasteiger partial charge in [-0.1, -0.05) is 60.7 Å². The van der Waals surface area contributed by atoms with Crippen molar-refractivity contribution < 1.29 is 9.59 Å². The third-order valence-corrected chi connectivity index (χ3v) is 3.37. The molecule has 3 nitrogen and oxygen atoms in total. The van der Waals surface area contributed by atoms with Gasteiger partial charge in [0.2, 0.25) is 5.91 Å². The van der Waals surface area contributed by atoms with Gasteiger partial charge in [-0.3, -0.25) is 9.59 Å². The molecule has 0 atom stereocenters. The molecule has 0 saturated carbocycles. The van der Waals surface area contributed by atoms with Crippen LogP contribution in [-0.4, -0.2) is 18.2 Å². The largest absolute Gasteiger partial charge is 0.349 e. The van der Waals surface area contributed by atoms with Gasteiger partial charge in [-0.15, -0.1) is 0 Å². The molecular formula is C18H19NO2. The van der Waals surface area contributed by atoms with Gasteiger partial charge in [-0.2, -0.15) is 0 Å². The summed E-state index contributed by atoms with van der Waals surface area (Å²) >= 11 is 0. The summed E-state index contributed by atoms with van der Waals surface area (Å²) in [6.07, 6.45) is 0.383. The van der Waals surface area contributed by atoms with Gasteiger partial charge in [0.15, 0.2) is 5.78 Å². The lowest BCUT2D eigenvalue weighted by Crippen LogP contribution is -2.28. The van der Waals surface area contributed by atoms with Crippen LogP contribution in [0.15, 0.2) is 60.7 Å². The number of carbonyl (C=O) groups is 2. The van der Waals surface area contributed by atoms with Crippen molar-refractivity contribution in [2.45, 2.75) is 19.3 Å². The van der Waals surface area contributed by atoms with Crippen LogP contribution in [0.1, 0.15) is 30.4 Å². The summed E-state index contributed by atoms with van der Waals surface area (Å²) < 4.78 is 0. The summed E-state index contributed by atoms with van der Waals surface area (Å²) in [5, 5.41) is 2.57. The Labute approximate surface area is 125 Å². The highest BCUT2D eigenvalue weighted by Gasteiger charge is 2.17. The van der Waals surface area contributed by atoms with Crippen LogP contribution in [0.2, 0.25) is 0 Å². The summed E-state index contributed by atoms with van der Waals surface area (Å²) in [6.45, 7) is 1.50. The molecule has 0 saturated heterocycles. The SMILES string of the molecule is CC(=O)NCC(=O)CC(c1ccccc1)c1ccccc1. The number of nitrogens with one attached hydrogen (secondary N) is 1. The lowest BCUT2D eigenvalue weighted by molar-refractivity contribution is -0.124. The molecule has 0 aliphatic heterocycles. The lowest BCUT2D eigenvalue weighted by Gasteiger charge is -2.17. The lowest BCUT2D eigenvalue weighted by atomic mass is 9.87. The fourth-order valence-corrected chi connectivity index (χ4v) is 2.32. The maximum absolute atomic E-state index is 12.1. The predicted molar refractivity (Wildman–Crippen MR) is 83.0 cm³/mol. The van der Waals surface area contributed by atoms with E-state index < -0.39 is 0 Å². The fourth-order valence-electron chi connectivity index (χ4n) is 2.32. The van der Waals surface area contributed by atoms with Crippen molar-refractivity contribution in [3.63, 3.8) is 0 Å². The van der Waals surface area contributed by atoms with E-state index in [9.17, 15) is 9.59 Å². The molecule has 1 amide bonds. The van der Waals surface area contributed by atoms with E-state index in [1.54, 1.807) is 0 Å². The van der Waals surface area contributed by atoms with Crippen LogP contribution in [0.5, 0.6) is 0 Å². The van der Waals surface area contributed by atoms with Crippen LogP contribution in [0.25, 0.3) is 0 Å². The summed E-state index contributed by atoms with van der Waals surface area (Å²) in [4.78, 5) is 23.0. The molecule has 21 heavy (non-hydrogen) atoms. The molecule has 0 aromatic heterocycles. The fraction of sp³-hybridized carbons (Fsp3) is 0.222. The molecule has 0 aliphatic carbocycles. The molecule has 2 aromatic rings. The van der Waals surface area contributed by atoms with Gasteiger partial charge in [0.05, 0.1) is 6.54 Å². The van der Waals surface area contributed by atoms with E-state index >= 15 is 0 Å². The van der Waals surface area contributed by atoms with Crippen molar-refractivity contribution >= 4 is 11.7 Å². The predicted octanol–water partition coefficient (Wildman–Crippen LogP) is 2.91. The van der Waals surface area contributed by atoms with Crippen LogP contribution in [0.3, 0.4) is 0 Å². The molecule has 0 fully saturated rings. The first-order chi connectivity index (χ1) is 10.2. The molecule has 1 N–H and O–H groups in total. The minimum atomic E-state index is -0.181. The molecular weight excluding hydrogens is 262 g/mol. The summed E-state index contributed by atoms with van der Waals surface area (Å²) in [5.41, 5.74) is 2.22. The molecule has 0 aliphatic rings. The van der Waals surface area contributed by atoms with Crippen molar-refractivity contribution in [3.8, 4) is 0 Å². The number of ketones is 1. The maximum Gasteiger partial charge on any atom is 0.217 e. The maximum atomic E-state index is 12.1. The quantitative estimate of drug-likeness (QED) is 0.885. The van der Waals surface area contributed by atoms with Crippen molar-refractivity contribution in [1.29, 1.82) is 0 Å². The second kappa shape index (κ2) is 7.39. The number of carbonyl (C=O) groups excluding carboxylic acids is 2. The van der Waals surface area contributed by atoms with Crippen molar-refractivity contribution in [3.05, 3.63) is 71.8 Å². The van der Waals surface area contributed by atoms with E-state index in [2.05, 4.69) is 5.32 Å². The number of benzene rings is 2. The average Bonchev–Trinajstić information content (AvgIpc) is 2.52. The van der Waals surface area contributed by atoms with E-state index in [1.807, 2.05) is 60.7 Å². The first-order valence-corrected chi connectivity index (χ1v) is 7.03. The Bertz CT molecular complexity index is 554. The third kappa shape index (κ3) is 4.56. The topological polar surface area (TPSA) is 46.2 Å². The first kappa shape index (κ1) is 15.0. The number of amides is 1. The smallest absolute Gasteiger partial charge is 0.217 e. The van der Waals surface area contributed by atoms with Crippen LogP contribution in [-0.2, 0) is 9.59 Å². The Morgan fingerprint density at radius 3 is 1.81 bits per heavy atom.